The molecule has 1 amide bonds. The van der Waals surface area contributed by atoms with Crippen molar-refractivity contribution in [1.82, 2.24) is 9.47 Å². The average molecular weight is 250 g/mol. The van der Waals surface area contributed by atoms with Crippen LogP contribution < -0.4 is 0 Å². The molecule has 2 heterocycles. The van der Waals surface area contributed by atoms with Crippen molar-refractivity contribution in [3.05, 3.63) is 24.0 Å². The summed E-state index contributed by atoms with van der Waals surface area (Å²) in [5.41, 5.74) is 0.575. The Labute approximate surface area is 106 Å². The van der Waals surface area contributed by atoms with Crippen molar-refractivity contribution in [2.45, 2.75) is 38.8 Å². The molecule has 2 rings (SSSR count). The molecule has 0 aromatic carbocycles. The van der Waals surface area contributed by atoms with Gasteiger partial charge in [-0.05, 0) is 38.3 Å². The molecule has 0 aliphatic carbocycles. The number of rotatable bonds is 3. The topological polar surface area (TPSA) is 62.5 Å². The number of hydrogen-bond acceptors (Lipinski definition) is 2. The molecule has 1 N–H and O–H groups in total. The SMILES string of the molecule is CCn1cccc1C(=O)N1CCCCC1C(=O)O. The Kier molecular flexibility index (Phi) is 3.69. The van der Waals surface area contributed by atoms with Crippen molar-refractivity contribution in [2.24, 2.45) is 0 Å². The van der Waals surface area contributed by atoms with Gasteiger partial charge < -0.3 is 14.6 Å². The van der Waals surface area contributed by atoms with Crippen LogP contribution in [0.15, 0.2) is 18.3 Å². The van der Waals surface area contributed by atoms with Gasteiger partial charge in [0.05, 0.1) is 0 Å². The molecule has 1 saturated heterocycles. The quantitative estimate of drug-likeness (QED) is 0.886. The summed E-state index contributed by atoms with van der Waals surface area (Å²) in [6.07, 6.45) is 4.14. The molecule has 5 nitrogen and oxygen atoms in total. The minimum atomic E-state index is -0.905. The predicted molar refractivity (Wildman–Crippen MR) is 66.4 cm³/mol. The van der Waals surface area contributed by atoms with Gasteiger partial charge in [-0.2, -0.15) is 0 Å². The van der Waals surface area contributed by atoms with Gasteiger partial charge in [-0.15, -0.1) is 0 Å². The second-order valence-electron chi connectivity index (χ2n) is 4.53. The molecule has 5 heteroatoms. The van der Waals surface area contributed by atoms with Crippen LogP contribution in [-0.4, -0.2) is 39.0 Å². The summed E-state index contributed by atoms with van der Waals surface area (Å²) in [7, 11) is 0. The summed E-state index contributed by atoms with van der Waals surface area (Å²) in [5.74, 6) is -1.08. The highest BCUT2D eigenvalue weighted by molar-refractivity contribution is 5.95. The smallest absolute Gasteiger partial charge is 0.326 e. The van der Waals surface area contributed by atoms with Crippen molar-refractivity contribution >= 4 is 11.9 Å². The lowest BCUT2D eigenvalue weighted by Crippen LogP contribution is -2.48. The lowest BCUT2D eigenvalue weighted by atomic mass is 10.0. The fraction of sp³-hybridized carbons (Fsp3) is 0.538. The molecule has 1 aliphatic rings. The average Bonchev–Trinajstić information content (AvgIpc) is 2.86. The predicted octanol–water partition coefficient (Wildman–Crippen LogP) is 1.59. The Morgan fingerprint density at radius 1 is 1.44 bits per heavy atom. The van der Waals surface area contributed by atoms with E-state index in [2.05, 4.69) is 0 Å². The molecule has 1 aromatic heterocycles. The van der Waals surface area contributed by atoms with Crippen LogP contribution in [0.2, 0.25) is 0 Å². The van der Waals surface area contributed by atoms with Crippen LogP contribution >= 0.6 is 0 Å². The van der Waals surface area contributed by atoms with Crippen LogP contribution in [0.1, 0.15) is 36.7 Å². The number of aryl methyl sites for hydroxylation is 1. The van der Waals surface area contributed by atoms with E-state index < -0.39 is 12.0 Å². The molecule has 18 heavy (non-hydrogen) atoms. The van der Waals surface area contributed by atoms with E-state index in [1.807, 2.05) is 23.8 Å². The van der Waals surface area contributed by atoms with E-state index in [0.717, 1.165) is 12.8 Å². The van der Waals surface area contributed by atoms with Gasteiger partial charge in [0, 0.05) is 19.3 Å². The summed E-state index contributed by atoms with van der Waals surface area (Å²) in [4.78, 5) is 25.1. The monoisotopic (exact) mass is 250 g/mol. The molecule has 98 valence electrons. The Morgan fingerprint density at radius 3 is 2.89 bits per heavy atom. The van der Waals surface area contributed by atoms with Gasteiger partial charge in [0.2, 0.25) is 0 Å². The van der Waals surface area contributed by atoms with E-state index in [-0.39, 0.29) is 5.91 Å². The number of hydrogen-bond donors (Lipinski definition) is 1. The molecule has 1 fully saturated rings. The fourth-order valence-corrected chi connectivity index (χ4v) is 2.46. The maximum atomic E-state index is 12.4. The Morgan fingerprint density at radius 2 is 2.22 bits per heavy atom. The largest absolute Gasteiger partial charge is 0.480 e. The van der Waals surface area contributed by atoms with E-state index in [1.54, 1.807) is 6.07 Å². The van der Waals surface area contributed by atoms with Crippen LogP contribution in [0.4, 0.5) is 0 Å². The first kappa shape index (κ1) is 12.7. The van der Waals surface area contributed by atoms with Gasteiger partial charge in [-0.3, -0.25) is 4.79 Å². The first-order chi connectivity index (χ1) is 8.65. The number of carboxylic acid groups (broad SMARTS) is 1. The Hall–Kier alpha value is -1.78. The molecular formula is C13H18N2O3. The van der Waals surface area contributed by atoms with Gasteiger partial charge in [0.15, 0.2) is 0 Å². The van der Waals surface area contributed by atoms with Crippen molar-refractivity contribution in [3.63, 3.8) is 0 Å². The molecule has 0 radical (unpaired) electrons. The van der Waals surface area contributed by atoms with Gasteiger partial charge >= 0.3 is 5.97 Å². The zero-order valence-electron chi connectivity index (χ0n) is 10.5. The highest BCUT2D eigenvalue weighted by Gasteiger charge is 2.33. The number of aromatic nitrogens is 1. The second-order valence-corrected chi connectivity index (χ2v) is 4.53. The number of nitrogens with zero attached hydrogens (tertiary/aromatic N) is 2. The van der Waals surface area contributed by atoms with Gasteiger partial charge in [0.25, 0.3) is 5.91 Å². The molecule has 1 aliphatic heterocycles. The third-order valence-electron chi connectivity index (χ3n) is 3.44. The van der Waals surface area contributed by atoms with Crippen molar-refractivity contribution in [3.8, 4) is 0 Å². The summed E-state index contributed by atoms with van der Waals surface area (Å²) in [5, 5.41) is 9.18. The molecular weight excluding hydrogens is 232 g/mol. The highest BCUT2D eigenvalue weighted by atomic mass is 16.4. The lowest BCUT2D eigenvalue weighted by molar-refractivity contribution is -0.143. The molecule has 0 bridgehead atoms. The third kappa shape index (κ3) is 2.25. The number of aliphatic carboxylic acids is 1. The normalized spacial score (nSPS) is 19.8. The summed E-state index contributed by atoms with van der Waals surface area (Å²) >= 11 is 0. The standard InChI is InChI=1S/C13H18N2O3/c1-2-14-8-5-7-10(14)12(16)15-9-4-3-6-11(15)13(17)18/h5,7-8,11H,2-4,6,9H2,1H3,(H,17,18). The van der Waals surface area contributed by atoms with Gasteiger partial charge in [0.1, 0.15) is 11.7 Å². The van der Waals surface area contributed by atoms with Crippen LogP contribution in [0.5, 0.6) is 0 Å². The maximum Gasteiger partial charge on any atom is 0.326 e. The minimum absolute atomic E-state index is 0.172. The summed E-state index contributed by atoms with van der Waals surface area (Å²) in [6.45, 7) is 3.20. The highest BCUT2D eigenvalue weighted by Crippen LogP contribution is 2.20. The third-order valence-corrected chi connectivity index (χ3v) is 3.44. The minimum Gasteiger partial charge on any atom is -0.480 e. The van der Waals surface area contributed by atoms with Crippen LogP contribution in [0.25, 0.3) is 0 Å². The number of carbonyl (C=O) groups excluding carboxylic acids is 1. The fourth-order valence-electron chi connectivity index (χ4n) is 2.46. The lowest BCUT2D eigenvalue weighted by Gasteiger charge is -2.33. The first-order valence-electron chi connectivity index (χ1n) is 6.34. The number of piperidine rings is 1. The molecule has 0 saturated carbocycles. The second kappa shape index (κ2) is 5.25. The zero-order valence-corrected chi connectivity index (χ0v) is 10.5. The van der Waals surface area contributed by atoms with E-state index in [1.165, 1.54) is 4.90 Å². The van der Waals surface area contributed by atoms with E-state index in [4.69, 9.17) is 0 Å². The van der Waals surface area contributed by atoms with Crippen LogP contribution in [0.3, 0.4) is 0 Å². The van der Waals surface area contributed by atoms with E-state index in [9.17, 15) is 14.7 Å². The zero-order chi connectivity index (χ0) is 13.1. The van der Waals surface area contributed by atoms with Crippen LogP contribution in [0, 0.1) is 0 Å². The first-order valence-corrected chi connectivity index (χ1v) is 6.34. The van der Waals surface area contributed by atoms with E-state index >= 15 is 0 Å². The van der Waals surface area contributed by atoms with Crippen molar-refractivity contribution in [1.29, 1.82) is 0 Å². The van der Waals surface area contributed by atoms with Gasteiger partial charge in [-0.1, -0.05) is 0 Å². The maximum absolute atomic E-state index is 12.4. The molecule has 1 atom stereocenters. The molecule has 1 aromatic rings. The van der Waals surface area contributed by atoms with Crippen LogP contribution in [-0.2, 0) is 11.3 Å². The number of amides is 1. The van der Waals surface area contributed by atoms with Crippen molar-refractivity contribution < 1.29 is 14.7 Å². The number of carbonyl (C=O) groups is 2. The Bertz CT molecular complexity index is 453. The summed E-state index contributed by atoms with van der Waals surface area (Å²) < 4.78 is 1.84. The number of carboxylic acids is 1. The number of likely N-dealkylation sites (tertiary alicyclic amines) is 1. The molecule has 0 spiro atoms. The van der Waals surface area contributed by atoms with Gasteiger partial charge in [-0.25, -0.2) is 4.79 Å². The molecule has 1 unspecified atom stereocenters. The van der Waals surface area contributed by atoms with Crippen molar-refractivity contribution in [2.75, 3.05) is 6.54 Å². The van der Waals surface area contributed by atoms with E-state index in [0.29, 0.717) is 25.2 Å². The Balaban J connectivity index is 2.23. The summed E-state index contributed by atoms with van der Waals surface area (Å²) in [6, 6.07) is 2.89.